The summed E-state index contributed by atoms with van der Waals surface area (Å²) in [7, 11) is 0. The van der Waals surface area contributed by atoms with Gasteiger partial charge in [-0.05, 0) is 36.2 Å². The van der Waals surface area contributed by atoms with Crippen LogP contribution in [0.25, 0.3) is 0 Å². The molecule has 1 aromatic heterocycles. The lowest BCUT2D eigenvalue weighted by Gasteiger charge is -2.08. The zero-order chi connectivity index (χ0) is 15.5. The molecular weight excluding hydrogens is 274 g/mol. The van der Waals surface area contributed by atoms with Crippen LogP contribution in [0.3, 0.4) is 0 Å². The first kappa shape index (κ1) is 16.6. The van der Waals surface area contributed by atoms with E-state index in [0.29, 0.717) is 0 Å². The summed E-state index contributed by atoms with van der Waals surface area (Å²) in [5.41, 5.74) is 1.23. The van der Waals surface area contributed by atoms with E-state index < -0.39 is 0 Å². The molecule has 0 amide bonds. The van der Waals surface area contributed by atoms with E-state index in [-0.39, 0.29) is 0 Å². The third-order valence-corrected chi connectivity index (χ3v) is 3.62. The zero-order valence-corrected chi connectivity index (χ0v) is 13.5. The molecule has 3 nitrogen and oxygen atoms in total. The molecule has 0 aliphatic heterocycles. The molecule has 0 radical (unpaired) electrons. The molecule has 0 spiro atoms. The summed E-state index contributed by atoms with van der Waals surface area (Å²) in [5.74, 6) is 1.92. The second-order valence-electron chi connectivity index (χ2n) is 5.59. The molecule has 0 unspecified atom stereocenters. The van der Waals surface area contributed by atoms with Crippen LogP contribution < -0.4 is 10.1 Å². The van der Waals surface area contributed by atoms with Gasteiger partial charge in [-0.1, -0.05) is 44.7 Å². The summed E-state index contributed by atoms with van der Waals surface area (Å²) in [6, 6.07) is 12.2. The SMILES string of the molecule is CCCCCCCOc1cccc(CNCc2ccco2)c1. The van der Waals surface area contributed by atoms with Crippen LogP contribution in [0.1, 0.15) is 50.4 Å². The standard InChI is InChI=1S/C19H27NO2/c1-2-3-4-5-6-12-21-18-10-7-9-17(14-18)15-20-16-19-11-8-13-22-19/h7-11,13-14,20H,2-6,12,15-16H2,1H3. The minimum atomic E-state index is 0.746. The second-order valence-corrected chi connectivity index (χ2v) is 5.59. The van der Waals surface area contributed by atoms with Crippen LogP contribution in [-0.4, -0.2) is 6.61 Å². The Morgan fingerprint density at radius 3 is 2.73 bits per heavy atom. The molecule has 1 N–H and O–H groups in total. The molecular formula is C19H27NO2. The summed E-state index contributed by atoms with van der Waals surface area (Å²) in [4.78, 5) is 0. The van der Waals surface area contributed by atoms with Crippen LogP contribution in [0, 0.1) is 0 Å². The topological polar surface area (TPSA) is 34.4 Å². The van der Waals surface area contributed by atoms with Crippen molar-refractivity contribution in [3.05, 3.63) is 54.0 Å². The van der Waals surface area contributed by atoms with Crippen LogP contribution in [0.4, 0.5) is 0 Å². The average molecular weight is 301 g/mol. The Labute approximate surface area is 133 Å². The number of hydrogen-bond donors (Lipinski definition) is 1. The number of benzene rings is 1. The molecule has 1 heterocycles. The van der Waals surface area contributed by atoms with Gasteiger partial charge in [-0.3, -0.25) is 0 Å². The highest BCUT2D eigenvalue weighted by atomic mass is 16.5. The normalized spacial score (nSPS) is 10.8. The predicted molar refractivity (Wildman–Crippen MR) is 89.9 cm³/mol. The largest absolute Gasteiger partial charge is 0.494 e. The lowest BCUT2D eigenvalue weighted by Crippen LogP contribution is -2.12. The van der Waals surface area contributed by atoms with E-state index in [2.05, 4.69) is 30.4 Å². The number of hydrogen-bond acceptors (Lipinski definition) is 3. The Balaban J connectivity index is 1.66. The molecule has 120 valence electrons. The van der Waals surface area contributed by atoms with E-state index in [9.17, 15) is 0 Å². The third-order valence-electron chi connectivity index (χ3n) is 3.62. The molecule has 0 aliphatic rings. The van der Waals surface area contributed by atoms with Gasteiger partial charge in [0, 0.05) is 6.54 Å². The fraction of sp³-hybridized carbons (Fsp3) is 0.474. The van der Waals surface area contributed by atoms with Gasteiger partial charge < -0.3 is 14.5 Å². The van der Waals surface area contributed by atoms with Crippen LogP contribution in [-0.2, 0) is 13.1 Å². The van der Waals surface area contributed by atoms with Crippen molar-refractivity contribution in [3.8, 4) is 5.75 Å². The molecule has 0 atom stereocenters. The van der Waals surface area contributed by atoms with Crippen molar-refractivity contribution in [1.82, 2.24) is 5.32 Å². The molecule has 2 aromatic rings. The molecule has 1 aromatic carbocycles. The van der Waals surface area contributed by atoms with E-state index in [1.54, 1.807) is 6.26 Å². The van der Waals surface area contributed by atoms with E-state index in [4.69, 9.17) is 9.15 Å². The molecule has 0 bridgehead atoms. The lowest BCUT2D eigenvalue weighted by molar-refractivity contribution is 0.304. The third kappa shape index (κ3) is 6.35. The van der Waals surface area contributed by atoms with Gasteiger partial charge in [-0.25, -0.2) is 0 Å². The van der Waals surface area contributed by atoms with Gasteiger partial charge >= 0.3 is 0 Å². The van der Waals surface area contributed by atoms with E-state index in [1.807, 2.05) is 18.2 Å². The van der Waals surface area contributed by atoms with Gasteiger partial charge in [0.05, 0.1) is 19.4 Å². The maximum Gasteiger partial charge on any atom is 0.119 e. The van der Waals surface area contributed by atoms with E-state index in [1.165, 1.54) is 31.2 Å². The molecule has 0 aliphatic carbocycles. The van der Waals surface area contributed by atoms with Crippen molar-refractivity contribution in [1.29, 1.82) is 0 Å². The predicted octanol–water partition coefficient (Wildman–Crippen LogP) is 4.92. The summed E-state index contributed by atoms with van der Waals surface area (Å²) in [6.07, 6.45) is 8.03. The summed E-state index contributed by atoms with van der Waals surface area (Å²) in [5, 5.41) is 3.37. The average Bonchev–Trinajstić information content (AvgIpc) is 3.05. The number of furan rings is 1. The van der Waals surface area contributed by atoms with E-state index >= 15 is 0 Å². The molecule has 0 saturated heterocycles. The molecule has 22 heavy (non-hydrogen) atoms. The number of rotatable bonds is 11. The molecule has 0 fully saturated rings. The molecule has 3 heteroatoms. The van der Waals surface area contributed by atoms with Gasteiger partial charge in [0.25, 0.3) is 0 Å². The quantitative estimate of drug-likeness (QED) is 0.598. The first-order valence-corrected chi connectivity index (χ1v) is 8.33. The Morgan fingerprint density at radius 1 is 1.00 bits per heavy atom. The van der Waals surface area contributed by atoms with Crippen molar-refractivity contribution < 1.29 is 9.15 Å². The van der Waals surface area contributed by atoms with Crippen LogP contribution in [0.5, 0.6) is 5.75 Å². The fourth-order valence-corrected chi connectivity index (χ4v) is 2.38. The van der Waals surface area contributed by atoms with Crippen LogP contribution in [0.2, 0.25) is 0 Å². The smallest absolute Gasteiger partial charge is 0.119 e. The van der Waals surface area contributed by atoms with Gasteiger partial charge in [0.1, 0.15) is 11.5 Å². The van der Waals surface area contributed by atoms with Crippen molar-refractivity contribution >= 4 is 0 Å². The van der Waals surface area contributed by atoms with Gasteiger partial charge in [-0.15, -0.1) is 0 Å². The van der Waals surface area contributed by atoms with Gasteiger partial charge in [0.15, 0.2) is 0 Å². The van der Waals surface area contributed by atoms with Crippen molar-refractivity contribution in [3.63, 3.8) is 0 Å². The maximum atomic E-state index is 5.83. The minimum absolute atomic E-state index is 0.746. The van der Waals surface area contributed by atoms with Gasteiger partial charge in [0.2, 0.25) is 0 Å². The highest BCUT2D eigenvalue weighted by Crippen LogP contribution is 2.14. The Kier molecular flexibility index (Phi) is 7.61. The number of nitrogens with one attached hydrogen (secondary N) is 1. The van der Waals surface area contributed by atoms with Crippen LogP contribution >= 0.6 is 0 Å². The van der Waals surface area contributed by atoms with Crippen molar-refractivity contribution in [2.75, 3.05) is 6.61 Å². The first-order chi connectivity index (χ1) is 10.9. The van der Waals surface area contributed by atoms with E-state index in [0.717, 1.165) is 37.6 Å². The minimum Gasteiger partial charge on any atom is -0.494 e. The highest BCUT2D eigenvalue weighted by molar-refractivity contribution is 5.28. The highest BCUT2D eigenvalue weighted by Gasteiger charge is 1.99. The van der Waals surface area contributed by atoms with Crippen molar-refractivity contribution in [2.45, 2.75) is 52.1 Å². The van der Waals surface area contributed by atoms with Crippen molar-refractivity contribution in [2.24, 2.45) is 0 Å². The summed E-state index contributed by atoms with van der Waals surface area (Å²) >= 11 is 0. The summed E-state index contributed by atoms with van der Waals surface area (Å²) < 4.78 is 11.1. The molecule has 0 saturated carbocycles. The maximum absolute atomic E-state index is 5.83. The Bertz CT molecular complexity index is 508. The lowest BCUT2D eigenvalue weighted by atomic mass is 10.2. The number of unbranched alkanes of at least 4 members (excludes halogenated alkanes) is 4. The first-order valence-electron chi connectivity index (χ1n) is 8.33. The fourth-order valence-electron chi connectivity index (χ4n) is 2.38. The number of ether oxygens (including phenoxy) is 1. The van der Waals surface area contributed by atoms with Crippen LogP contribution in [0.15, 0.2) is 47.1 Å². The Hall–Kier alpha value is -1.74. The molecule has 2 rings (SSSR count). The summed E-state index contributed by atoms with van der Waals surface area (Å²) in [6.45, 7) is 4.61. The second kappa shape index (κ2) is 10.1. The monoisotopic (exact) mass is 301 g/mol. The van der Waals surface area contributed by atoms with Gasteiger partial charge in [-0.2, -0.15) is 0 Å². The zero-order valence-electron chi connectivity index (χ0n) is 13.5. The Morgan fingerprint density at radius 2 is 1.91 bits per heavy atom.